The molecule has 21 heavy (non-hydrogen) atoms. The molecule has 1 aliphatic rings. The van der Waals surface area contributed by atoms with Crippen molar-refractivity contribution in [2.75, 3.05) is 18.6 Å². The van der Waals surface area contributed by atoms with Crippen molar-refractivity contribution in [1.29, 1.82) is 0 Å². The van der Waals surface area contributed by atoms with Gasteiger partial charge in [0.1, 0.15) is 6.17 Å². The number of hydrogen-bond acceptors (Lipinski definition) is 3. The lowest BCUT2D eigenvalue weighted by Crippen LogP contribution is -2.36. The van der Waals surface area contributed by atoms with Gasteiger partial charge in [-0.3, -0.25) is 14.3 Å². The molecule has 1 amide bonds. The summed E-state index contributed by atoms with van der Waals surface area (Å²) in [5, 5.41) is 3.45. The molecule has 3 atom stereocenters. The van der Waals surface area contributed by atoms with Crippen LogP contribution in [0.3, 0.4) is 0 Å². The van der Waals surface area contributed by atoms with Crippen LogP contribution in [-0.2, 0) is 15.6 Å². The van der Waals surface area contributed by atoms with Crippen molar-refractivity contribution >= 4 is 16.7 Å². The van der Waals surface area contributed by atoms with Crippen molar-refractivity contribution < 1.29 is 9.00 Å². The molecule has 1 fully saturated rings. The molecular weight excluding hydrogens is 284 g/mol. The molecule has 0 spiro atoms. The second-order valence-corrected chi connectivity index (χ2v) is 7.51. The Labute approximate surface area is 129 Å². The zero-order valence-electron chi connectivity index (χ0n) is 13.1. The monoisotopic (exact) mass is 308 g/mol. The molecule has 0 aromatic heterocycles. The van der Waals surface area contributed by atoms with Crippen molar-refractivity contribution in [1.82, 2.24) is 10.2 Å². The van der Waals surface area contributed by atoms with Crippen LogP contribution in [-0.4, -0.2) is 39.6 Å². The van der Waals surface area contributed by atoms with Gasteiger partial charge in [-0.05, 0) is 24.0 Å². The highest BCUT2D eigenvalue weighted by Crippen LogP contribution is 2.29. The first-order valence-corrected chi connectivity index (χ1v) is 9.06. The van der Waals surface area contributed by atoms with E-state index in [4.69, 9.17) is 0 Å². The number of benzene rings is 1. The number of amides is 1. The van der Waals surface area contributed by atoms with Crippen LogP contribution in [0.4, 0.5) is 0 Å². The minimum atomic E-state index is -0.897. The van der Waals surface area contributed by atoms with Gasteiger partial charge in [0, 0.05) is 29.4 Å². The fourth-order valence-corrected chi connectivity index (χ4v) is 3.19. The van der Waals surface area contributed by atoms with E-state index in [1.165, 1.54) is 0 Å². The molecule has 4 nitrogen and oxygen atoms in total. The van der Waals surface area contributed by atoms with Gasteiger partial charge in [0.15, 0.2) is 0 Å². The first-order valence-electron chi connectivity index (χ1n) is 7.34. The Morgan fingerprint density at radius 2 is 2.00 bits per heavy atom. The maximum atomic E-state index is 12.6. The van der Waals surface area contributed by atoms with Gasteiger partial charge in [-0.1, -0.05) is 38.1 Å². The van der Waals surface area contributed by atoms with Crippen molar-refractivity contribution in [3.05, 3.63) is 35.4 Å². The lowest BCUT2D eigenvalue weighted by molar-refractivity contribution is -0.130. The molecule has 116 valence electrons. The SMILES string of the molecule is Cc1ccccc1C1NC(C(C)C)C(=O)N1CCS(C)=O. The van der Waals surface area contributed by atoms with Crippen LogP contribution in [0.2, 0.25) is 0 Å². The molecule has 1 saturated heterocycles. The van der Waals surface area contributed by atoms with Crippen LogP contribution in [0.5, 0.6) is 0 Å². The molecule has 1 heterocycles. The lowest BCUT2D eigenvalue weighted by Gasteiger charge is -2.25. The van der Waals surface area contributed by atoms with E-state index in [2.05, 4.69) is 24.4 Å². The number of carbonyl (C=O) groups is 1. The molecule has 2 rings (SSSR count). The number of nitrogens with zero attached hydrogens (tertiary/aromatic N) is 1. The van der Waals surface area contributed by atoms with Gasteiger partial charge in [-0.25, -0.2) is 0 Å². The molecule has 5 heteroatoms. The van der Waals surface area contributed by atoms with Crippen molar-refractivity contribution in [3.63, 3.8) is 0 Å². The lowest BCUT2D eigenvalue weighted by atomic mass is 10.0. The van der Waals surface area contributed by atoms with E-state index in [9.17, 15) is 9.00 Å². The van der Waals surface area contributed by atoms with E-state index in [1.807, 2.05) is 30.9 Å². The molecule has 0 radical (unpaired) electrons. The predicted molar refractivity (Wildman–Crippen MR) is 86.3 cm³/mol. The molecule has 0 bridgehead atoms. The van der Waals surface area contributed by atoms with E-state index < -0.39 is 10.8 Å². The molecule has 1 aromatic carbocycles. The van der Waals surface area contributed by atoms with E-state index in [-0.39, 0.29) is 24.0 Å². The standard InChI is InChI=1S/C16H24N2O2S/c1-11(2)14-16(19)18(9-10-21(4)20)15(17-14)13-8-6-5-7-12(13)3/h5-8,11,14-15,17H,9-10H2,1-4H3. The van der Waals surface area contributed by atoms with Crippen LogP contribution in [0.1, 0.15) is 31.1 Å². The van der Waals surface area contributed by atoms with E-state index in [0.717, 1.165) is 11.1 Å². The summed E-state index contributed by atoms with van der Waals surface area (Å²) in [6, 6.07) is 7.94. The van der Waals surface area contributed by atoms with Gasteiger partial charge in [0.25, 0.3) is 0 Å². The third-order valence-electron chi connectivity index (χ3n) is 3.97. The Bertz CT molecular complexity index is 545. The maximum Gasteiger partial charge on any atom is 0.241 e. The van der Waals surface area contributed by atoms with Crippen LogP contribution in [0.25, 0.3) is 0 Å². The third kappa shape index (κ3) is 3.52. The quantitative estimate of drug-likeness (QED) is 0.903. The van der Waals surface area contributed by atoms with E-state index >= 15 is 0 Å². The Hall–Kier alpha value is -1.20. The molecule has 1 aliphatic heterocycles. The van der Waals surface area contributed by atoms with Crippen LogP contribution < -0.4 is 5.32 Å². The van der Waals surface area contributed by atoms with E-state index in [1.54, 1.807) is 6.26 Å². The summed E-state index contributed by atoms with van der Waals surface area (Å²) >= 11 is 0. The summed E-state index contributed by atoms with van der Waals surface area (Å²) in [6.07, 6.45) is 1.56. The summed E-state index contributed by atoms with van der Waals surface area (Å²) in [5.41, 5.74) is 2.28. The number of aryl methyl sites for hydroxylation is 1. The first kappa shape index (κ1) is 16.2. The summed E-state index contributed by atoms with van der Waals surface area (Å²) < 4.78 is 11.4. The number of hydrogen-bond donors (Lipinski definition) is 1. The molecule has 3 unspecified atom stereocenters. The minimum absolute atomic E-state index is 0.115. The minimum Gasteiger partial charge on any atom is -0.321 e. The number of rotatable bonds is 5. The van der Waals surface area contributed by atoms with Crippen LogP contribution in [0.15, 0.2) is 24.3 Å². The van der Waals surface area contributed by atoms with Crippen molar-refractivity contribution in [2.24, 2.45) is 5.92 Å². The topological polar surface area (TPSA) is 49.4 Å². The highest BCUT2D eigenvalue weighted by atomic mass is 32.2. The number of nitrogens with one attached hydrogen (secondary N) is 1. The first-order chi connectivity index (χ1) is 9.91. The Morgan fingerprint density at radius 3 is 2.57 bits per heavy atom. The zero-order valence-corrected chi connectivity index (χ0v) is 13.9. The molecule has 1 aromatic rings. The Balaban J connectivity index is 2.30. The van der Waals surface area contributed by atoms with Crippen molar-refractivity contribution in [2.45, 2.75) is 33.0 Å². The van der Waals surface area contributed by atoms with Crippen LogP contribution in [0, 0.1) is 12.8 Å². The van der Waals surface area contributed by atoms with Gasteiger partial charge in [0.2, 0.25) is 5.91 Å². The second kappa shape index (κ2) is 6.71. The summed E-state index contributed by atoms with van der Waals surface area (Å²) in [7, 11) is -0.897. The highest BCUT2D eigenvalue weighted by Gasteiger charge is 2.41. The van der Waals surface area contributed by atoms with Gasteiger partial charge in [0.05, 0.1) is 6.04 Å². The van der Waals surface area contributed by atoms with Gasteiger partial charge in [-0.15, -0.1) is 0 Å². The van der Waals surface area contributed by atoms with Gasteiger partial charge >= 0.3 is 0 Å². The average molecular weight is 308 g/mol. The molecule has 1 N–H and O–H groups in total. The summed E-state index contributed by atoms with van der Waals surface area (Å²) in [4.78, 5) is 14.5. The maximum absolute atomic E-state index is 12.6. The summed E-state index contributed by atoms with van der Waals surface area (Å²) in [5.74, 6) is 0.866. The normalized spacial score (nSPS) is 23.9. The van der Waals surface area contributed by atoms with Crippen molar-refractivity contribution in [3.8, 4) is 0 Å². The smallest absolute Gasteiger partial charge is 0.241 e. The average Bonchev–Trinajstić information content (AvgIpc) is 2.74. The molecule has 0 saturated carbocycles. The third-order valence-corrected chi connectivity index (χ3v) is 4.73. The van der Waals surface area contributed by atoms with Gasteiger partial charge < -0.3 is 4.90 Å². The fourth-order valence-electron chi connectivity index (χ4n) is 2.73. The Kier molecular flexibility index (Phi) is 5.17. The van der Waals surface area contributed by atoms with E-state index in [0.29, 0.717) is 12.3 Å². The largest absolute Gasteiger partial charge is 0.321 e. The summed E-state index contributed by atoms with van der Waals surface area (Å²) in [6.45, 7) is 6.68. The number of carbonyl (C=O) groups excluding carboxylic acids is 1. The molecular formula is C16H24N2O2S. The molecule has 0 aliphatic carbocycles. The zero-order chi connectivity index (χ0) is 15.6. The fraction of sp³-hybridized carbons (Fsp3) is 0.562. The predicted octanol–water partition coefficient (Wildman–Crippen LogP) is 1.83. The Morgan fingerprint density at radius 1 is 1.33 bits per heavy atom. The van der Waals surface area contributed by atoms with Gasteiger partial charge in [-0.2, -0.15) is 0 Å². The van der Waals surface area contributed by atoms with Crippen LogP contribution >= 0.6 is 0 Å². The second-order valence-electron chi connectivity index (χ2n) is 5.96. The highest BCUT2D eigenvalue weighted by molar-refractivity contribution is 7.84.